The van der Waals surface area contributed by atoms with Gasteiger partial charge < -0.3 is 15.0 Å². The molecule has 1 aliphatic heterocycles. The summed E-state index contributed by atoms with van der Waals surface area (Å²) >= 11 is 0. The summed E-state index contributed by atoms with van der Waals surface area (Å²) in [5.74, 6) is 1.96. The van der Waals surface area contributed by atoms with Crippen molar-refractivity contribution >= 4 is 0 Å². The molecule has 0 aliphatic carbocycles. The van der Waals surface area contributed by atoms with Crippen LogP contribution >= 0.6 is 0 Å². The smallest absolute Gasteiger partial charge is 0.227 e. The summed E-state index contributed by atoms with van der Waals surface area (Å²) < 4.78 is 10.7. The molecule has 1 fully saturated rings. The first-order valence-electron chi connectivity index (χ1n) is 7.05. The molecule has 1 saturated heterocycles. The maximum Gasteiger partial charge on any atom is 0.227 e. The van der Waals surface area contributed by atoms with Crippen LogP contribution in [-0.4, -0.2) is 23.4 Å². The second-order valence-corrected chi connectivity index (χ2v) is 5.17. The van der Waals surface area contributed by atoms with Crippen molar-refractivity contribution in [1.29, 1.82) is 0 Å². The van der Waals surface area contributed by atoms with Crippen LogP contribution in [-0.2, 0) is 17.7 Å². The predicted octanol–water partition coefficient (Wildman–Crippen LogP) is 2.16. The van der Waals surface area contributed by atoms with Gasteiger partial charge >= 0.3 is 0 Å². The third kappa shape index (κ3) is 3.05. The SMILES string of the molecule is NCc1ccc(-c2noc(CC3CCOCC3)n2)cc1. The Morgan fingerprint density at radius 2 is 1.90 bits per heavy atom. The average Bonchev–Trinajstić information content (AvgIpc) is 2.97. The van der Waals surface area contributed by atoms with Gasteiger partial charge in [-0.15, -0.1) is 0 Å². The van der Waals surface area contributed by atoms with E-state index in [0.717, 1.165) is 49.5 Å². The number of nitrogens with two attached hydrogens (primary N) is 1. The minimum atomic E-state index is 0.543. The van der Waals surface area contributed by atoms with Crippen molar-refractivity contribution in [2.45, 2.75) is 25.8 Å². The van der Waals surface area contributed by atoms with Crippen molar-refractivity contribution < 1.29 is 9.26 Å². The molecule has 0 amide bonds. The molecule has 3 rings (SSSR count). The average molecular weight is 273 g/mol. The van der Waals surface area contributed by atoms with Gasteiger partial charge in [0.05, 0.1) is 0 Å². The molecule has 106 valence electrons. The number of rotatable bonds is 4. The molecule has 20 heavy (non-hydrogen) atoms. The molecule has 0 radical (unpaired) electrons. The van der Waals surface area contributed by atoms with Crippen molar-refractivity contribution in [2.24, 2.45) is 11.7 Å². The molecule has 0 bridgehead atoms. The molecule has 0 spiro atoms. The van der Waals surface area contributed by atoms with Gasteiger partial charge in [-0.3, -0.25) is 0 Å². The van der Waals surface area contributed by atoms with Gasteiger partial charge in [-0.05, 0) is 24.3 Å². The van der Waals surface area contributed by atoms with Crippen LogP contribution in [0.1, 0.15) is 24.3 Å². The highest BCUT2D eigenvalue weighted by Gasteiger charge is 2.18. The fourth-order valence-electron chi connectivity index (χ4n) is 2.44. The van der Waals surface area contributed by atoms with Crippen molar-refractivity contribution in [1.82, 2.24) is 10.1 Å². The van der Waals surface area contributed by atoms with Gasteiger partial charge in [0.2, 0.25) is 11.7 Å². The first kappa shape index (κ1) is 13.3. The van der Waals surface area contributed by atoms with Gasteiger partial charge in [-0.25, -0.2) is 0 Å². The largest absolute Gasteiger partial charge is 0.381 e. The zero-order valence-corrected chi connectivity index (χ0v) is 11.4. The van der Waals surface area contributed by atoms with Crippen LogP contribution in [0.3, 0.4) is 0 Å². The minimum Gasteiger partial charge on any atom is -0.381 e. The Kier molecular flexibility index (Phi) is 4.08. The summed E-state index contributed by atoms with van der Waals surface area (Å²) in [7, 11) is 0. The Morgan fingerprint density at radius 1 is 1.15 bits per heavy atom. The molecule has 2 aromatic rings. The van der Waals surface area contributed by atoms with Crippen LogP contribution < -0.4 is 5.73 Å². The van der Waals surface area contributed by atoms with Crippen molar-refractivity contribution in [3.8, 4) is 11.4 Å². The summed E-state index contributed by atoms with van der Waals surface area (Å²) in [6.07, 6.45) is 2.99. The van der Waals surface area contributed by atoms with E-state index in [2.05, 4.69) is 10.1 Å². The molecule has 1 aromatic heterocycles. The monoisotopic (exact) mass is 273 g/mol. The third-order valence-corrected chi connectivity index (χ3v) is 3.72. The molecule has 5 heteroatoms. The van der Waals surface area contributed by atoms with Crippen LogP contribution in [0.25, 0.3) is 11.4 Å². The van der Waals surface area contributed by atoms with Crippen LogP contribution in [0, 0.1) is 5.92 Å². The van der Waals surface area contributed by atoms with Crippen LogP contribution in [0.4, 0.5) is 0 Å². The highest BCUT2D eigenvalue weighted by atomic mass is 16.5. The fourth-order valence-corrected chi connectivity index (χ4v) is 2.44. The van der Waals surface area contributed by atoms with Crippen LogP contribution in [0.2, 0.25) is 0 Å². The molecule has 1 aliphatic rings. The summed E-state index contributed by atoms with van der Waals surface area (Å²) in [5, 5.41) is 4.06. The van der Waals surface area contributed by atoms with E-state index in [1.807, 2.05) is 24.3 Å². The number of nitrogens with zero attached hydrogens (tertiary/aromatic N) is 2. The van der Waals surface area contributed by atoms with E-state index in [9.17, 15) is 0 Å². The lowest BCUT2D eigenvalue weighted by Crippen LogP contribution is -2.17. The minimum absolute atomic E-state index is 0.543. The molecule has 2 heterocycles. The van der Waals surface area contributed by atoms with Crippen LogP contribution in [0.5, 0.6) is 0 Å². The zero-order chi connectivity index (χ0) is 13.8. The summed E-state index contributed by atoms with van der Waals surface area (Å²) in [6.45, 7) is 2.22. The molecule has 0 atom stereocenters. The maximum atomic E-state index is 5.59. The van der Waals surface area contributed by atoms with Crippen molar-refractivity contribution in [3.05, 3.63) is 35.7 Å². The Bertz CT molecular complexity index is 545. The second kappa shape index (κ2) is 6.15. The van der Waals surface area contributed by atoms with Crippen LogP contribution in [0.15, 0.2) is 28.8 Å². The Morgan fingerprint density at radius 3 is 2.60 bits per heavy atom. The highest BCUT2D eigenvalue weighted by Crippen LogP contribution is 2.21. The van der Waals surface area contributed by atoms with Gasteiger partial charge in [-0.2, -0.15) is 4.98 Å². The van der Waals surface area contributed by atoms with E-state index >= 15 is 0 Å². The fraction of sp³-hybridized carbons (Fsp3) is 0.467. The van der Waals surface area contributed by atoms with Gasteiger partial charge in [0, 0.05) is 31.7 Å². The number of hydrogen-bond acceptors (Lipinski definition) is 5. The quantitative estimate of drug-likeness (QED) is 0.924. The zero-order valence-electron chi connectivity index (χ0n) is 11.4. The van der Waals surface area contributed by atoms with Gasteiger partial charge in [0.1, 0.15) is 0 Å². The van der Waals surface area contributed by atoms with E-state index in [0.29, 0.717) is 18.3 Å². The van der Waals surface area contributed by atoms with E-state index in [-0.39, 0.29) is 0 Å². The Hall–Kier alpha value is -1.72. The number of benzene rings is 1. The number of ether oxygens (including phenoxy) is 1. The lowest BCUT2D eigenvalue weighted by molar-refractivity contribution is 0.0642. The molecular formula is C15H19N3O2. The first-order valence-corrected chi connectivity index (χ1v) is 7.05. The first-order chi connectivity index (χ1) is 9.85. The van der Waals surface area contributed by atoms with Gasteiger partial charge in [-0.1, -0.05) is 29.4 Å². The lowest BCUT2D eigenvalue weighted by atomic mass is 9.97. The van der Waals surface area contributed by atoms with Crippen molar-refractivity contribution in [3.63, 3.8) is 0 Å². The molecule has 1 aromatic carbocycles. The summed E-state index contributed by atoms with van der Waals surface area (Å²) in [5.41, 5.74) is 7.65. The van der Waals surface area contributed by atoms with E-state index in [4.69, 9.17) is 15.0 Å². The highest BCUT2D eigenvalue weighted by molar-refractivity contribution is 5.54. The maximum absolute atomic E-state index is 5.59. The second-order valence-electron chi connectivity index (χ2n) is 5.17. The Labute approximate surface area is 118 Å². The molecule has 2 N–H and O–H groups in total. The molecule has 0 unspecified atom stereocenters. The van der Waals surface area contributed by atoms with E-state index < -0.39 is 0 Å². The predicted molar refractivity (Wildman–Crippen MR) is 74.9 cm³/mol. The van der Waals surface area contributed by atoms with Gasteiger partial charge in [0.25, 0.3) is 0 Å². The summed E-state index contributed by atoms with van der Waals surface area (Å²) in [4.78, 5) is 4.48. The van der Waals surface area contributed by atoms with E-state index in [1.165, 1.54) is 0 Å². The van der Waals surface area contributed by atoms with E-state index in [1.54, 1.807) is 0 Å². The third-order valence-electron chi connectivity index (χ3n) is 3.72. The van der Waals surface area contributed by atoms with Crippen molar-refractivity contribution in [2.75, 3.05) is 13.2 Å². The standard InChI is InChI=1S/C15H19N3O2/c16-10-12-1-3-13(4-2-12)15-17-14(20-18-15)9-11-5-7-19-8-6-11/h1-4,11H,5-10,16H2. The summed E-state index contributed by atoms with van der Waals surface area (Å²) in [6, 6.07) is 7.93. The molecule has 0 saturated carbocycles. The Balaban J connectivity index is 1.68. The number of aromatic nitrogens is 2. The lowest BCUT2D eigenvalue weighted by Gasteiger charge is -2.19. The molecule has 5 nitrogen and oxygen atoms in total. The van der Waals surface area contributed by atoms with Gasteiger partial charge in [0.15, 0.2) is 0 Å². The molecular weight excluding hydrogens is 254 g/mol. The normalized spacial score (nSPS) is 16.4. The number of hydrogen-bond donors (Lipinski definition) is 1. The topological polar surface area (TPSA) is 74.2 Å².